The van der Waals surface area contributed by atoms with Gasteiger partial charge in [-0.15, -0.1) is 0 Å². The zero-order valence-corrected chi connectivity index (χ0v) is 15.7. The molecule has 0 bridgehead atoms. The summed E-state index contributed by atoms with van der Waals surface area (Å²) in [6.45, 7) is -0.818. The van der Waals surface area contributed by atoms with E-state index in [0.29, 0.717) is 18.5 Å². The van der Waals surface area contributed by atoms with Crippen molar-refractivity contribution >= 4 is 0 Å². The molecular formula is C18H16F6N2O6. The van der Waals surface area contributed by atoms with Crippen LogP contribution in [0.4, 0.5) is 26.3 Å². The predicted octanol–water partition coefficient (Wildman–Crippen LogP) is 1.36. The maximum Gasteiger partial charge on any atom is 0.419 e. The van der Waals surface area contributed by atoms with Gasteiger partial charge >= 0.3 is 12.4 Å². The predicted molar refractivity (Wildman–Crippen MR) is 91.9 cm³/mol. The van der Waals surface area contributed by atoms with Crippen LogP contribution in [0.3, 0.4) is 0 Å². The zero-order valence-electron chi connectivity index (χ0n) is 15.7. The van der Waals surface area contributed by atoms with E-state index in [4.69, 9.17) is 14.6 Å². The number of alkyl halides is 6. The summed E-state index contributed by atoms with van der Waals surface area (Å²) in [6, 6.07) is 2.37. The molecule has 176 valence electrons. The lowest BCUT2D eigenvalue weighted by Crippen LogP contribution is -2.60. The Morgan fingerprint density at radius 3 is 2.06 bits per heavy atom. The third-order valence-corrected chi connectivity index (χ3v) is 4.61. The van der Waals surface area contributed by atoms with Gasteiger partial charge in [0, 0.05) is 18.0 Å². The Morgan fingerprint density at radius 2 is 1.53 bits per heavy atom. The van der Waals surface area contributed by atoms with Crippen LogP contribution in [0.1, 0.15) is 11.1 Å². The van der Waals surface area contributed by atoms with E-state index in [1.807, 2.05) is 0 Å². The van der Waals surface area contributed by atoms with E-state index < -0.39 is 72.4 Å². The van der Waals surface area contributed by atoms with E-state index in [1.54, 1.807) is 0 Å². The Bertz CT molecular complexity index is 937. The average Bonchev–Trinajstić information content (AvgIpc) is 2.73. The number of hydrogen-bond acceptors (Lipinski definition) is 8. The number of benzene rings is 1. The highest BCUT2D eigenvalue weighted by Gasteiger charge is 2.46. The lowest BCUT2D eigenvalue weighted by Gasteiger charge is -2.39. The fraction of sp³-hybridized carbons (Fsp3) is 0.444. The summed E-state index contributed by atoms with van der Waals surface area (Å²) in [5.74, 6) is -1.26. The molecule has 2 heterocycles. The summed E-state index contributed by atoms with van der Waals surface area (Å²) in [7, 11) is 0. The van der Waals surface area contributed by atoms with Crippen molar-refractivity contribution in [3.8, 4) is 17.1 Å². The van der Waals surface area contributed by atoms with E-state index >= 15 is 0 Å². The number of aliphatic hydroxyl groups excluding tert-OH is 4. The van der Waals surface area contributed by atoms with Crippen LogP contribution in [0.15, 0.2) is 30.6 Å². The number of hydrogen-bond donors (Lipinski definition) is 4. The maximum atomic E-state index is 13.6. The van der Waals surface area contributed by atoms with Crippen molar-refractivity contribution in [3.63, 3.8) is 0 Å². The molecule has 1 aliphatic rings. The molecule has 32 heavy (non-hydrogen) atoms. The molecule has 5 atom stereocenters. The topological polar surface area (TPSA) is 125 Å². The van der Waals surface area contributed by atoms with E-state index in [1.165, 1.54) is 0 Å². The SMILES string of the molecule is OC[C@H]1O[C@H](Oc2ccc(-c3ncc(C(F)(F)F)cn3)cc2C(F)(F)F)[C@@H](O)[C@@H](O)[C@@H]1O. The van der Waals surface area contributed by atoms with Gasteiger partial charge in [-0.3, -0.25) is 0 Å². The number of halogens is 6. The van der Waals surface area contributed by atoms with Gasteiger partial charge in [-0.05, 0) is 18.2 Å². The Balaban J connectivity index is 1.93. The van der Waals surface area contributed by atoms with Gasteiger partial charge in [0.1, 0.15) is 30.2 Å². The van der Waals surface area contributed by atoms with Crippen LogP contribution in [-0.2, 0) is 17.1 Å². The lowest BCUT2D eigenvalue weighted by atomic mass is 9.99. The van der Waals surface area contributed by atoms with Crippen LogP contribution >= 0.6 is 0 Å². The quantitative estimate of drug-likeness (QED) is 0.494. The van der Waals surface area contributed by atoms with Crippen LogP contribution in [0.25, 0.3) is 11.4 Å². The van der Waals surface area contributed by atoms with Gasteiger partial charge in [0.2, 0.25) is 6.29 Å². The molecule has 0 saturated carbocycles. The summed E-state index contributed by atoms with van der Waals surface area (Å²) in [5.41, 5.74) is -2.84. The fourth-order valence-electron chi connectivity index (χ4n) is 2.91. The molecule has 0 unspecified atom stereocenters. The Kier molecular flexibility index (Phi) is 6.62. The molecule has 0 spiro atoms. The lowest BCUT2D eigenvalue weighted by molar-refractivity contribution is -0.278. The van der Waals surface area contributed by atoms with E-state index in [-0.39, 0.29) is 5.56 Å². The van der Waals surface area contributed by atoms with Gasteiger partial charge in [-0.1, -0.05) is 0 Å². The van der Waals surface area contributed by atoms with E-state index in [2.05, 4.69) is 9.97 Å². The molecular weight excluding hydrogens is 454 g/mol. The van der Waals surface area contributed by atoms with Crippen LogP contribution in [-0.4, -0.2) is 67.7 Å². The first-order valence-electron chi connectivity index (χ1n) is 8.91. The second-order valence-corrected chi connectivity index (χ2v) is 6.82. The van der Waals surface area contributed by atoms with Crippen molar-refractivity contribution in [2.24, 2.45) is 0 Å². The smallest absolute Gasteiger partial charge is 0.419 e. The number of rotatable bonds is 4. The minimum Gasteiger partial charge on any atom is -0.461 e. The Labute approximate surface area is 175 Å². The number of ether oxygens (including phenoxy) is 2. The monoisotopic (exact) mass is 470 g/mol. The van der Waals surface area contributed by atoms with Crippen LogP contribution < -0.4 is 4.74 Å². The number of nitrogens with zero attached hydrogens (tertiary/aromatic N) is 2. The molecule has 0 aliphatic carbocycles. The second kappa shape index (κ2) is 8.78. The first-order valence-corrected chi connectivity index (χ1v) is 8.91. The Morgan fingerprint density at radius 1 is 0.906 bits per heavy atom. The standard InChI is InChI=1S/C18H16F6N2O6/c19-17(20,21)8-4-25-15(26-5-8)7-1-2-10(9(3-7)18(22,23)24)31-16-14(30)13(29)12(28)11(6-27)32-16/h1-5,11-14,16,27-30H,6H2/t11-,12-,13+,14+,16+/m1/s1. The van der Waals surface area contributed by atoms with Crippen molar-refractivity contribution in [1.29, 1.82) is 0 Å². The minimum absolute atomic E-state index is 0.271. The first-order chi connectivity index (χ1) is 14.8. The van der Waals surface area contributed by atoms with E-state index in [9.17, 15) is 41.7 Å². The first kappa shape index (κ1) is 24.1. The normalized spacial score (nSPS) is 26.8. The molecule has 0 amide bonds. The highest BCUT2D eigenvalue weighted by molar-refractivity contribution is 5.59. The number of aromatic nitrogens is 2. The molecule has 0 radical (unpaired) electrons. The molecule has 3 rings (SSSR count). The van der Waals surface area contributed by atoms with Crippen molar-refractivity contribution < 1.29 is 56.2 Å². The largest absolute Gasteiger partial charge is 0.461 e. The van der Waals surface area contributed by atoms with Gasteiger partial charge in [0.05, 0.1) is 17.7 Å². The molecule has 2 aromatic rings. The van der Waals surface area contributed by atoms with Crippen LogP contribution in [0.5, 0.6) is 5.75 Å². The molecule has 1 saturated heterocycles. The summed E-state index contributed by atoms with van der Waals surface area (Å²) < 4.78 is 88.8. The summed E-state index contributed by atoms with van der Waals surface area (Å²) in [6.07, 6.45) is -17.7. The van der Waals surface area contributed by atoms with Gasteiger partial charge in [0.25, 0.3) is 0 Å². The third kappa shape index (κ3) is 4.94. The number of aliphatic hydroxyl groups is 4. The van der Waals surface area contributed by atoms with Gasteiger partial charge in [-0.2, -0.15) is 26.3 Å². The van der Waals surface area contributed by atoms with Crippen LogP contribution in [0, 0.1) is 0 Å². The molecule has 14 heteroatoms. The maximum absolute atomic E-state index is 13.6. The molecule has 1 fully saturated rings. The molecule has 8 nitrogen and oxygen atoms in total. The van der Waals surface area contributed by atoms with Gasteiger partial charge in [0.15, 0.2) is 5.82 Å². The van der Waals surface area contributed by atoms with Crippen LogP contribution in [0.2, 0.25) is 0 Å². The molecule has 1 aliphatic heterocycles. The fourth-order valence-corrected chi connectivity index (χ4v) is 2.91. The summed E-state index contributed by atoms with van der Waals surface area (Å²) in [5, 5.41) is 38.6. The summed E-state index contributed by atoms with van der Waals surface area (Å²) in [4.78, 5) is 6.89. The zero-order chi connectivity index (χ0) is 23.8. The van der Waals surface area contributed by atoms with E-state index in [0.717, 1.165) is 12.1 Å². The average molecular weight is 470 g/mol. The molecule has 1 aromatic carbocycles. The molecule has 4 N–H and O–H groups in total. The highest BCUT2D eigenvalue weighted by atomic mass is 19.4. The summed E-state index contributed by atoms with van der Waals surface area (Å²) >= 11 is 0. The second-order valence-electron chi connectivity index (χ2n) is 6.82. The van der Waals surface area contributed by atoms with Gasteiger partial charge in [-0.25, -0.2) is 9.97 Å². The van der Waals surface area contributed by atoms with Crippen molar-refractivity contribution in [2.75, 3.05) is 6.61 Å². The van der Waals surface area contributed by atoms with Crippen molar-refractivity contribution in [2.45, 2.75) is 43.1 Å². The minimum atomic E-state index is -5.01. The molecule has 1 aromatic heterocycles. The van der Waals surface area contributed by atoms with Gasteiger partial charge < -0.3 is 29.9 Å². The third-order valence-electron chi connectivity index (χ3n) is 4.61. The highest BCUT2D eigenvalue weighted by Crippen LogP contribution is 2.40. The van der Waals surface area contributed by atoms with Crippen molar-refractivity contribution in [1.82, 2.24) is 9.97 Å². The van der Waals surface area contributed by atoms with Crippen molar-refractivity contribution in [3.05, 3.63) is 41.7 Å². The Hall–Kier alpha value is -2.52.